The monoisotopic (exact) mass is 300 g/mol. The summed E-state index contributed by atoms with van der Waals surface area (Å²) in [5.41, 5.74) is 7.12. The number of aromatic nitrogens is 5. The van der Waals surface area contributed by atoms with Gasteiger partial charge in [-0.1, -0.05) is 18.2 Å². The number of nitrogens with zero attached hydrogens (tertiary/aromatic N) is 5. The lowest BCUT2D eigenvalue weighted by molar-refractivity contribution is 0.397. The summed E-state index contributed by atoms with van der Waals surface area (Å²) < 4.78 is 6.76. The molecule has 0 saturated carbocycles. The fraction of sp³-hybridized carbons (Fsp3) is 0.0769. The number of nitrogens with two attached hydrogens (primary N) is 1. The second-order valence-corrected chi connectivity index (χ2v) is 5.05. The van der Waals surface area contributed by atoms with E-state index in [4.69, 9.17) is 10.5 Å². The molecule has 2 heterocycles. The van der Waals surface area contributed by atoms with E-state index in [1.807, 2.05) is 30.3 Å². The van der Waals surface area contributed by atoms with E-state index in [1.165, 1.54) is 18.9 Å². The quantitative estimate of drug-likeness (QED) is 0.785. The number of tetrazole rings is 1. The van der Waals surface area contributed by atoms with E-state index in [2.05, 4.69) is 20.5 Å². The molecule has 3 aromatic rings. The Morgan fingerprint density at radius 2 is 1.95 bits per heavy atom. The molecule has 0 unspecified atom stereocenters. The highest BCUT2D eigenvalue weighted by Crippen LogP contribution is 2.29. The maximum Gasteiger partial charge on any atom is 0.237 e. The summed E-state index contributed by atoms with van der Waals surface area (Å²) in [7, 11) is 1.53. The van der Waals surface area contributed by atoms with Gasteiger partial charge in [0.05, 0.1) is 18.5 Å². The van der Waals surface area contributed by atoms with E-state index < -0.39 is 0 Å². The molecule has 2 N–H and O–H groups in total. The molecule has 3 rings (SSSR count). The van der Waals surface area contributed by atoms with E-state index in [-0.39, 0.29) is 0 Å². The first-order chi connectivity index (χ1) is 10.3. The van der Waals surface area contributed by atoms with E-state index >= 15 is 0 Å². The molecule has 0 spiro atoms. The zero-order valence-electron chi connectivity index (χ0n) is 11.2. The molecule has 0 aliphatic carbocycles. The third-order valence-electron chi connectivity index (χ3n) is 2.70. The smallest absolute Gasteiger partial charge is 0.237 e. The van der Waals surface area contributed by atoms with Gasteiger partial charge in [0.25, 0.3) is 0 Å². The van der Waals surface area contributed by atoms with Crippen molar-refractivity contribution in [2.75, 3.05) is 12.8 Å². The average molecular weight is 300 g/mol. The predicted molar refractivity (Wildman–Crippen MR) is 78.5 cm³/mol. The number of nitrogen functional groups attached to an aromatic ring is 1. The Hall–Kier alpha value is -2.61. The Morgan fingerprint density at radius 3 is 2.71 bits per heavy atom. The normalized spacial score (nSPS) is 10.5. The van der Waals surface area contributed by atoms with Crippen molar-refractivity contribution < 1.29 is 4.74 Å². The summed E-state index contributed by atoms with van der Waals surface area (Å²) in [6, 6.07) is 13.2. The summed E-state index contributed by atoms with van der Waals surface area (Å²) in [6.45, 7) is 0. The van der Waals surface area contributed by atoms with Gasteiger partial charge >= 0.3 is 0 Å². The van der Waals surface area contributed by atoms with Gasteiger partial charge in [-0.05, 0) is 46.5 Å². The Labute approximate surface area is 125 Å². The first-order valence-electron chi connectivity index (χ1n) is 6.10. The maximum atomic E-state index is 5.75. The van der Waals surface area contributed by atoms with Crippen molar-refractivity contribution in [3.05, 3.63) is 42.5 Å². The van der Waals surface area contributed by atoms with Crippen molar-refractivity contribution in [2.24, 2.45) is 0 Å². The van der Waals surface area contributed by atoms with Crippen LogP contribution < -0.4 is 10.5 Å². The van der Waals surface area contributed by atoms with Gasteiger partial charge in [-0.15, -0.1) is 5.10 Å². The molecule has 0 aliphatic heterocycles. The van der Waals surface area contributed by atoms with Crippen LogP contribution in [0.3, 0.4) is 0 Å². The minimum atomic E-state index is 0.388. The van der Waals surface area contributed by atoms with Crippen LogP contribution in [0.4, 0.5) is 5.69 Å². The fourth-order valence-electron chi connectivity index (χ4n) is 1.72. The van der Waals surface area contributed by atoms with Gasteiger partial charge in [0.2, 0.25) is 11.0 Å². The molecule has 1 aromatic carbocycles. The van der Waals surface area contributed by atoms with Gasteiger partial charge in [-0.25, -0.2) is 4.98 Å². The van der Waals surface area contributed by atoms with Crippen molar-refractivity contribution in [1.29, 1.82) is 0 Å². The molecule has 0 atom stereocenters. The molecular formula is C13H12N6OS. The van der Waals surface area contributed by atoms with Crippen molar-refractivity contribution in [3.63, 3.8) is 0 Å². The number of para-hydroxylation sites is 1. The van der Waals surface area contributed by atoms with E-state index in [1.54, 1.807) is 16.8 Å². The Morgan fingerprint density at radius 1 is 1.14 bits per heavy atom. The molecule has 21 heavy (non-hydrogen) atoms. The zero-order valence-corrected chi connectivity index (χ0v) is 12.0. The number of rotatable bonds is 4. The number of hydrogen-bond donors (Lipinski definition) is 1. The van der Waals surface area contributed by atoms with Crippen LogP contribution in [0.25, 0.3) is 5.69 Å². The summed E-state index contributed by atoms with van der Waals surface area (Å²) in [5.74, 6) is 0.388. The molecule has 0 fully saturated rings. The molecule has 0 radical (unpaired) electrons. The standard InChI is InChI=1S/C13H12N6OS/c1-20-12-10(14)7-8-11(15-12)21-13-16-17-18-19(13)9-5-3-2-4-6-9/h2-8H,14H2,1H3. The Balaban J connectivity index is 1.91. The van der Waals surface area contributed by atoms with Crippen molar-refractivity contribution in [2.45, 2.75) is 10.2 Å². The van der Waals surface area contributed by atoms with Crippen LogP contribution in [0.15, 0.2) is 52.6 Å². The molecule has 8 heteroatoms. The number of hydrogen-bond acceptors (Lipinski definition) is 7. The van der Waals surface area contributed by atoms with Crippen LogP contribution in [0.1, 0.15) is 0 Å². The summed E-state index contributed by atoms with van der Waals surface area (Å²) in [5, 5.41) is 13.0. The lowest BCUT2D eigenvalue weighted by atomic mass is 10.3. The lowest BCUT2D eigenvalue weighted by Crippen LogP contribution is -1.99. The topological polar surface area (TPSA) is 91.7 Å². The van der Waals surface area contributed by atoms with Gasteiger partial charge in [-0.3, -0.25) is 0 Å². The third kappa shape index (κ3) is 2.79. The molecule has 0 bridgehead atoms. The van der Waals surface area contributed by atoms with Crippen molar-refractivity contribution in [1.82, 2.24) is 25.2 Å². The van der Waals surface area contributed by atoms with Crippen LogP contribution in [0.5, 0.6) is 5.88 Å². The van der Waals surface area contributed by atoms with Gasteiger partial charge in [0.15, 0.2) is 0 Å². The highest BCUT2D eigenvalue weighted by molar-refractivity contribution is 7.99. The van der Waals surface area contributed by atoms with Crippen LogP contribution in [-0.4, -0.2) is 32.3 Å². The zero-order chi connectivity index (χ0) is 14.7. The molecular weight excluding hydrogens is 288 g/mol. The lowest BCUT2D eigenvalue weighted by Gasteiger charge is -2.06. The Kier molecular flexibility index (Phi) is 3.69. The first-order valence-corrected chi connectivity index (χ1v) is 6.92. The van der Waals surface area contributed by atoms with Crippen LogP contribution in [-0.2, 0) is 0 Å². The number of anilines is 1. The van der Waals surface area contributed by atoms with E-state index in [0.29, 0.717) is 21.7 Å². The van der Waals surface area contributed by atoms with Gasteiger partial charge < -0.3 is 10.5 Å². The molecule has 2 aromatic heterocycles. The molecule has 7 nitrogen and oxygen atoms in total. The summed E-state index contributed by atoms with van der Waals surface area (Å²) in [4.78, 5) is 4.31. The number of methoxy groups -OCH3 is 1. The number of benzene rings is 1. The second-order valence-electron chi connectivity index (χ2n) is 4.06. The molecule has 106 valence electrons. The SMILES string of the molecule is COc1nc(Sc2nnnn2-c2ccccc2)ccc1N. The molecule has 0 saturated heterocycles. The van der Waals surface area contributed by atoms with Gasteiger partial charge in [-0.2, -0.15) is 4.68 Å². The summed E-state index contributed by atoms with van der Waals surface area (Å²) in [6.07, 6.45) is 0. The van der Waals surface area contributed by atoms with Gasteiger partial charge in [0, 0.05) is 0 Å². The largest absolute Gasteiger partial charge is 0.480 e. The third-order valence-corrected chi connectivity index (χ3v) is 3.57. The highest BCUT2D eigenvalue weighted by atomic mass is 32.2. The van der Waals surface area contributed by atoms with Crippen molar-refractivity contribution in [3.8, 4) is 11.6 Å². The first kappa shape index (κ1) is 13.4. The fourth-order valence-corrected chi connectivity index (χ4v) is 2.48. The minimum absolute atomic E-state index is 0.388. The van der Waals surface area contributed by atoms with Crippen LogP contribution in [0.2, 0.25) is 0 Å². The Bertz CT molecular complexity index is 745. The highest BCUT2D eigenvalue weighted by Gasteiger charge is 2.12. The average Bonchev–Trinajstić information content (AvgIpc) is 2.98. The van der Waals surface area contributed by atoms with E-state index in [0.717, 1.165) is 5.69 Å². The maximum absolute atomic E-state index is 5.75. The molecule has 0 aliphatic rings. The second kappa shape index (κ2) is 5.80. The minimum Gasteiger partial charge on any atom is -0.480 e. The molecule has 0 amide bonds. The summed E-state index contributed by atoms with van der Waals surface area (Å²) >= 11 is 1.33. The predicted octanol–water partition coefficient (Wildman–Crippen LogP) is 1.80. The van der Waals surface area contributed by atoms with Crippen LogP contribution >= 0.6 is 11.8 Å². The number of ether oxygens (including phenoxy) is 1. The van der Waals surface area contributed by atoms with Crippen molar-refractivity contribution >= 4 is 17.4 Å². The van der Waals surface area contributed by atoms with Gasteiger partial charge in [0.1, 0.15) is 5.03 Å². The van der Waals surface area contributed by atoms with E-state index in [9.17, 15) is 0 Å². The van der Waals surface area contributed by atoms with Crippen LogP contribution in [0, 0.1) is 0 Å². The number of pyridine rings is 1.